The summed E-state index contributed by atoms with van der Waals surface area (Å²) in [5.74, 6) is 0.990. The van der Waals surface area contributed by atoms with E-state index in [1.165, 1.54) is 21.6 Å². The first-order valence-corrected chi connectivity index (χ1v) is 9.98. The van der Waals surface area contributed by atoms with E-state index in [0.717, 1.165) is 5.75 Å². The maximum absolute atomic E-state index is 6.53. The summed E-state index contributed by atoms with van der Waals surface area (Å²) in [6, 6.07) is 27.9. The lowest BCUT2D eigenvalue weighted by Gasteiger charge is -2.34. The lowest BCUT2D eigenvalue weighted by molar-refractivity contribution is 0.191. The van der Waals surface area contributed by atoms with Crippen molar-refractivity contribution in [1.29, 1.82) is 0 Å². The van der Waals surface area contributed by atoms with Crippen LogP contribution in [-0.4, -0.2) is 0 Å². The predicted molar refractivity (Wildman–Crippen MR) is 110 cm³/mol. The van der Waals surface area contributed by atoms with Crippen molar-refractivity contribution < 1.29 is 4.74 Å². The molecule has 0 bridgehead atoms. The molecule has 0 saturated heterocycles. The van der Waals surface area contributed by atoms with Crippen LogP contribution in [0.2, 0.25) is 0 Å². The zero-order valence-electron chi connectivity index (χ0n) is 15.5. The van der Waals surface area contributed by atoms with Crippen molar-refractivity contribution >= 4 is 11.8 Å². The van der Waals surface area contributed by atoms with E-state index in [1.807, 2.05) is 11.8 Å². The average molecular weight is 361 g/mol. The average Bonchev–Trinajstić information content (AvgIpc) is 2.67. The first-order valence-electron chi connectivity index (χ1n) is 9.10. The van der Waals surface area contributed by atoms with Gasteiger partial charge in [0.15, 0.2) is 0 Å². The van der Waals surface area contributed by atoms with Gasteiger partial charge < -0.3 is 4.74 Å². The first-order chi connectivity index (χ1) is 12.5. The molecule has 0 fully saturated rings. The van der Waals surface area contributed by atoms with E-state index in [-0.39, 0.29) is 16.8 Å². The van der Waals surface area contributed by atoms with Crippen LogP contribution in [0, 0.1) is 0 Å². The molecule has 0 N–H and O–H groups in total. The van der Waals surface area contributed by atoms with E-state index in [2.05, 4.69) is 99.6 Å². The zero-order valence-corrected chi connectivity index (χ0v) is 16.3. The van der Waals surface area contributed by atoms with Gasteiger partial charge in [0.05, 0.1) is 10.1 Å². The zero-order chi connectivity index (χ0) is 18.1. The van der Waals surface area contributed by atoms with Crippen molar-refractivity contribution in [3.63, 3.8) is 0 Å². The number of thioether (sulfide) groups is 1. The van der Waals surface area contributed by atoms with Crippen LogP contribution in [0.3, 0.4) is 0 Å². The van der Waals surface area contributed by atoms with Crippen molar-refractivity contribution in [2.75, 3.05) is 0 Å². The summed E-state index contributed by atoms with van der Waals surface area (Å²) in [5.41, 5.74) is 4.00. The van der Waals surface area contributed by atoms with Crippen molar-refractivity contribution in [3.05, 3.63) is 95.6 Å². The molecule has 1 nitrogen and oxygen atoms in total. The number of ether oxygens (including phenoxy) is 1. The number of rotatable bonds is 2. The second-order valence-corrected chi connectivity index (χ2v) is 8.99. The van der Waals surface area contributed by atoms with Gasteiger partial charge in [-0.1, -0.05) is 87.5 Å². The largest absolute Gasteiger partial charge is 0.483 e. The number of benzene rings is 3. The van der Waals surface area contributed by atoms with Gasteiger partial charge >= 0.3 is 0 Å². The Morgan fingerprint density at radius 2 is 1.38 bits per heavy atom. The Kier molecular flexibility index (Phi) is 4.54. The van der Waals surface area contributed by atoms with E-state index < -0.39 is 0 Å². The predicted octanol–water partition coefficient (Wildman–Crippen LogP) is 6.95. The summed E-state index contributed by atoms with van der Waals surface area (Å²) in [7, 11) is 0. The molecular formula is C24H24OS. The lowest BCUT2D eigenvalue weighted by Crippen LogP contribution is -2.20. The molecule has 0 aliphatic carbocycles. The molecule has 4 rings (SSSR count). The monoisotopic (exact) mass is 360 g/mol. The lowest BCUT2D eigenvalue weighted by atomic mass is 9.87. The third-order valence-electron chi connectivity index (χ3n) is 4.85. The van der Waals surface area contributed by atoms with Crippen LogP contribution in [0.25, 0.3) is 0 Å². The number of fused-ring (bicyclic) bond motifs is 1. The van der Waals surface area contributed by atoms with Gasteiger partial charge in [0.25, 0.3) is 0 Å². The summed E-state index contributed by atoms with van der Waals surface area (Å²) in [4.78, 5) is 1.23. The molecule has 0 saturated carbocycles. The number of hydrogen-bond acceptors (Lipinski definition) is 2. The highest BCUT2D eigenvalue weighted by molar-refractivity contribution is 7.99. The van der Waals surface area contributed by atoms with Crippen molar-refractivity contribution in [3.8, 4) is 5.75 Å². The summed E-state index contributed by atoms with van der Waals surface area (Å²) in [6.07, 6.45) is 0.0107. The van der Waals surface area contributed by atoms with E-state index in [0.29, 0.717) is 0 Å². The van der Waals surface area contributed by atoms with Gasteiger partial charge in [-0.25, -0.2) is 0 Å². The highest BCUT2D eigenvalue weighted by Crippen LogP contribution is 2.53. The van der Waals surface area contributed by atoms with E-state index in [4.69, 9.17) is 4.74 Å². The fourth-order valence-electron chi connectivity index (χ4n) is 3.33. The molecule has 0 aromatic heterocycles. The van der Waals surface area contributed by atoms with Crippen LogP contribution < -0.4 is 4.74 Å². The molecule has 3 aromatic carbocycles. The number of hydrogen-bond donors (Lipinski definition) is 0. The highest BCUT2D eigenvalue weighted by Gasteiger charge is 2.33. The van der Waals surface area contributed by atoms with E-state index in [1.54, 1.807) is 0 Å². The Labute approximate surface area is 160 Å². The smallest absolute Gasteiger partial charge is 0.140 e. The first kappa shape index (κ1) is 17.2. The fourth-order valence-corrected chi connectivity index (χ4v) is 4.66. The molecule has 1 aliphatic heterocycles. The second kappa shape index (κ2) is 6.85. The fraction of sp³-hybridized carbons (Fsp3) is 0.250. The van der Waals surface area contributed by atoms with Crippen molar-refractivity contribution in [2.24, 2.45) is 0 Å². The molecule has 0 radical (unpaired) electrons. The topological polar surface area (TPSA) is 9.23 Å². The molecule has 1 aliphatic rings. The molecule has 2 atom stereocenters. The van der Waals surface area contributed by atoms with E-state index in [9.17, 15) is 0 Å². The molecule has 1 heterocycles. The molecule has 3 aromatic rings. The maximum atomic E-state index is 6.53. The minimum atomic E-state index is 0.0107. The highest BCUT2D eigenvalue weighted by atomic mass is 32.2. The summed E-state index contributed by atoms with van der Waals surface area (Å²) in [6.45, 7) is 6.76. The van der Waals surface area contributed by atoms with Crippen LogP contribution in [0.1, 0.15) is 48.8 Å². The molecule has 0 amide bonds. The van der Waals surface area contributed by atoms with Gasteiger partial charge in [0.2, 0.25) is 0 Å². The van der Waals surface area contributed by atoms with Crippen LogP contribution >= 0.6 is 11.8 Å². The van der Waals surface area contributed by atoms with Crippen LogP contribution in [0.5, 0.6) is 5.75 Å². The summed E-state index contributed by atoms with van der Waals surface area (Å²) in [5, 5.41) is 0.237. The maximum Gasteiger partial charge on any atom is 0.140 e. The van der Waals surface area contributed by atoms with Gasteiger partial charge in [-0.2, -0.15) is 0 Å². The van der Waals surface area contributed by atoms with Crippen LogP contribution in [-0.2, 0) is 5.41 Å². The van der Waals surface area contributed by atoms with Gasteiger partial charge in [0.1, 0.15) is 11.9 Å². The SMILES string of the molecule is CC(C)(C)c1ccc2c(c1)S[C@H](c1ccccc1)[C@@H](c1ccccc1)O2. The Balaban J connectivity index is 1.78. The summed E-state index contributed by atoms with van der Waals surface area (Å²) < 4.78 is 6.53. The van der Waals surface area contributed by atoms with Gasteiger partial charge in [-0.15, -0.1) is 11.8 Å². The quantitative estimate of drug-likeness (QED) is 0.489. The van der Waals surface area contributed by atoms with E-state index >= 15 is 0 Å². The Bertz CT molecular complexity index is 881. The third kappa shape index (κ3) is 3.39. The van der Waals surface area contributed by atoms with Crippen LogP contribution in [0.15, 0.2) is 83.8 Å². The normalized spacial score (nSPS) is 19.5. The second-order valence-electron chi connectivity index (χ2n) is 7.81. The van der Waals surface area contributed by atoms with Gasteiger partial charge in [-0.3, -0.25) is 0 Å². The minimum absolute atomic E-state index is 0.0107. The Morgan fingerprint density at radius 1 is 0.769 bits per heavy atom. The molecule has 2 heteroatoms. The molecular weight excluding hydrogens is 336 g/mol. The van der Waals surface area contributed by atoms with Gasteiger partial charge in [-0.05, 0) is 34.2 Å². The Hall–Kier alpha value is -2.19. The molecule has 26 heavy (non-hydrogen) atoms. The van der Waals surface area contributed by atoms with Gasteiger partial charge in [0, 0.05) is 0 Å². The standard InChI is InChI=1S/C24H24OS/c1-24(2,3)19-14-15-20-21(16-19)26-23(18-12-8-5-9-13-18)22(25-20)17-10-6-4-7-11-17/h4-16,22-23H,1-3H3/t22-,23-/m1/s1. The van der Waals surface area contributed by atoms with Crippen molar-refractivity contribution in [2.45, 2.75) is 42.4 Å². The molecule has 0 spiro atoms. The van der Waals surface area contributed by atoms with Crippen LogP contribution in [0.4, 0.5) is 0 Å². The van der Waals surface area contributed by atoms with Crippen molar-refractivity contribution in [1.82, 2.24) is 0 Å². The minimum Gasteiger partial charge on any atom is -0.483 e. The third-order valence-corrected chi connectivity index (χ3v) is 6.20. The molecule has 132 valence electrons. The Morgan fingerprint density at radius 3 is 2.00 bits per heavy atom. The molecule has 0 unspecified atom stereocenters. The summed E-state index contributed by atoms with van der Waals surface area (Å²) >= 11 is 1.92.